The number of carbonyl (C=O) groups is 1. The van der Waals surface area contributed by atoms with E-state index in [9.17, 15) is 14.9 Å². The molecule has 0 fully saturated rings. The fraction of sp³-hybridized carbons (Fsp3) is 0. The van der Waals surface area contributed by atoms with Gasteiger partial charge in [0.15, 0.2) is 11.5 Å². The zero-order valence-corrected chi connectivity index (χ0v) is 10.5. The van der Waals surface area contributed by atoms with Crippen LogP contribution in [0.25, 0.3) is 0 Å². The quantitative estimate of drug-likeness (QED) is 0.225. The van der Waals surface area contributed by atoms with Gasteiger partial charge in [0.25, 0.3) is 11.5 Å². The number of Topliss-reactive ketones (excluding diaryl/α,β-unsaturated/α-hetero) is 1. The molecule has 1 heterocycles. The van der Waals surface area contributed by atoms with Gasteiger partial charge >= 0.3 is 0 Å². The van der Waals surface area contributed by atoms with Crippen molar-refractivity contribution in [2.75, 3.05) is 0 Å². The van der Waals surface area contributed by atoms with Crippen molar-refractivity contribution in [3.05, 3.63) is 70.5 Å². The third kappa shape index (κ3) is 3.38. The molecule has 0 spiro atoms. The van der Waals surface area contributed by atoms with Crippen molar-refractivity contribution in [2.45, 2.75) is 0 Å². The number of carbonyl (C=O) groups excluding carboxylic acids is 1. The fourth-order valence-electron chi connectivity index (χ4n) is 1.42. The summed E-state index contributed by atoms with van der Waals surface area (Å²) in [5.74, 6) is -0.619. The number of aliphatic hydroxyl groups is 1. The molecule has 8 nitrogen and oxygen atoms in total. The van der Waals surface area contributed by atoms with E-state index in [2.05, 4.69) is 10.2 Å². The Morgan fingerprint density at radius 1 is 1.29 bits per heavy atom. The summed E-state index contributed by atoms with van der Waals surface area (Å²) in [5, 5.41) is 26.8. The molecule has 0 aliphatic carbocycles. The molecule has 0 unspecified atom stereocenters. The highest BCUT2D eigenvalue weighted by Gasteiger charge is 2.15. The number of aliphatic hydroxyl groups excluding tert-OH is 1. The Bertz CT molecular complexity index is 702. The molecule has 0 saturated carbocycles. The average molecular weight is 287 g/mol. The number of rotatable bonds is 5. The van der Waals surface area contributed by atoms with Crippen LogP contribution < -0.4 is 0 Å². The number of ketones is 1. The van der Waals surface area contributed by atoms with Gasteiger partial charge in [-0.15, -0.1) is 5.11 Å². The summed E-state index contributed by atoms with van der Waals surface area (Å²) < 4.78 is 4.89. The third-order valence-electron chi connectivity index (χ3n) is 2.43. The summed E-state index contributed by atoms with van der Waals surface area (Å²) in [6.07, 6.45) is 1.83. The van der Waals surface area contributed by atoms with E-state index in [0.29, 0.717) is 11.9 Å². The van der Waals surface area contributed by atoms with Crippen molar-refractivity contribution in [1.82, 2.24) is 0 Å². The third-order valence-corrected chi connectivity index (χ3v) is 2.43. The second-order valence-electron chi connectivity index (χ2n) is 3.79. The van der Waals surface area contributed by atoms with Crippen LogP contribution in [-0.2, 0) is 0 Å². The molecule has 0 atom stereocenters. The van der Waals surface area contributed by atoms with E-state index in [-0.39, 0.29) is 17.1 Å². The van der Waals surface area contributed by atoms with E-state index >= 15 is 0 Å². The van der Waals surface area contributed by atoms with Crippen LogP contribution in [0.5, 0.6) is 0 Å². The first-order chi connectivity index (χ1) is 10.1. The summed E-state index contributed by atoms with van der Waals surface area (Å²) in [4.78, 5) is 21.8. The lowest BCUT2D eigenvalue weighted by molar-refractivity contribution is -0.384. The minimum absolute atomic E-state index is 0.0120. The molecular weight excluding hydrogens is 278 g/mol. The Hall–Kier alpha value is -3.29. The summed E-state index contributed by atoms with van der Waals surface area (Å²) in [7, 11) is 0. The summed E-state index contributed by atoms with van der Waals surface area (Å²) in [5.41, 5.74) is -0.103. The van der Waals surface area contributed by atoms with Gasteiger partial charge in [-0.1, -0.05) is 0 Å². The Morgan fingerprint density at radius 2 is 2.00 bits per heavy atom. The molecule has 21 heavy (non-hydrogen) atoms. The monoisotopic (exact) mass is 287 g/mol. The van der Waals surface area contributed by atoms with Gasteiger partial charge in [-0.25, -0.2) is 0 Å². The second-order valence-corrected chi connectivity index (χ2v) is 3.79. The first kappa shape index (κ1) is 14.1. The maximum atomic E-state index is 11.8. The van der Waals surface area contributed by atoms with Crippen LogP contribution in [0.3, 0.4) is 0 Å². The van der Waals surface area contributed by atoms with Crippen LogP contribution in [0, 0.1) is 10.1 Å². The van der Waals surface area contributed by atoms with E-state index in [1.165, 1.54) is 42.7 Å². The minimum atomic E-state index is -0.631. The summed E-state index contributed by atoms with van der Waals surface area (Å²) >= 11 is 0. The lowest BCUT2D eigenvalue weighted by Crippen LogP contribution is -1.99. The first-order valence-electron chi connectivity index (χ1n) is 5.70. The molecular formula is C13H9N3O5. The Kier molecular flexibility index (Phi) is 4.20. The van der Waals surface area contributed by atoms with Gasteiger partial charge in [0.2, 0.25) is 0 Å². The van der Waals surface area contributed by atoms with Gasteiger partial charge in [-0.2, -0.15) is 5.11 Å². The summed E-state index contributed by atoms with van der Waals surface area (Å²) in [6, 6.07) is 8.20. The molecule has 2 rings (SSSR count). The van der Waals surface area contributed by atoms with E-state index in [4.69, 9.17) is 9.52 Å². The SMILES string of the molecule is O=C(/C(=C/O)N=Nc1ccc([N+](=O)[O-])cc1)c1ccco1. The van der Waals surface area contributed by atoms with Crippen molar-refractivity contribution in [3.63, 3.8) is 0 Å². The lowest BCUT2D eigenvalue weighted by atomic mass is 10.2. The average Bonchev–Trinajstić information content (AvgIpc) is 3.02. The van der Waals surface area contributed by atoms with Crippen LogP contribution in [0.4, 0.5) is 11.4 Å². The van der Waals surface area contributed by atoms with Gasteiger partial charge in [0, 0.05) is 12.1 Å². The van der Waals surface area contributed by atoms with Crippen molar-refractivity contribution in [1.29, 1.82) is 0 Å². The molecule has 0 amide bonds. The second kappa shape index (κ2) is 6.24. The Balaban J connectivity index is 2.15. The zero-order valence-electron chi connectivity index (χ0n) is 10.5. The van der Waals surface area contributed by atoms with Gasteiger partial charge in [-0.3, -0.25) is 14.9 Å². The molecule has 8 heteroatoms. The van der Waals surface area contributed by atoms with Crippen molar-refractivity contribution < 1.29 is 19.2 Å². The molecule has 2 aromatic rings. The van der Waals surface area contributed by atoms with E-state index in [1.807, 2.05) is 0 Å². The normalized spacial score (nSPS) is 11.7. The van der Waals surface area contributed by atoms with Crippen LogP contribution in [0.2, 0.25) is 0 Å². The molecule has 0 aliphatic heterocycles. The Morgan fingerprint density at radius 3 is 2.52 bits per heavy atom. The number of allylic oxidation sites excluding steroid dienone is 1. The van der Waals surface area contributed by atoms with Crippen LogP contribution in [-0.4, -0.2) is 15.8 Å². The number of nitro groups is 1. The van der Waals surface area contributed by atoms with Gasteiger partial charge in [0.1, 0.15) is 6.26 Å². The van der Waals surface area contributed by atoms with Crippen molar-refractivity contribution >= 4 is 17.2 Å². The molecule has 0 aliphatic rings. The zero-order chi connectivity index (χ0) is 15.2. The maximum Gasteiger partial charge on any atom is 0.269 e. The number of hydrogen-bond donors (Lipinski definition) is 1. The first-order valence-corrected chi connectivity index (χ1v) is 5.70. The fourth-order valence-corrected chi connectivity index (χ4v) is 1.42. The highest BCUT2D eigenvalue weighted by molar-refractivity contribution is 6.06. The number of azo groups is 1. The molecule has 0 saturated heterocycles. The predicted molar refractivity (Wildman–Crippen MR) is 71.4 cm³/mol. The number of benzene rings is 1. The van der Waals surface area contributed by atoms with Gasteiger partial charge in [0.05, 0.1) is 16.9 Å². The van der Waals surface area contributed by atoms with Gasteiger partial charge in [-0.05, 0) is 24.3 Å². The Labute approximate surface area is 118 Å². The number of nitrogens with zero attached hydrogens (tertiary/aromatic N) is 3. The molecule has 0 bridgehead atoms. The van der Waals surface area contributed by atoms with Crippen LogP contribution in [0.1, 0.15) is 10.6 Å². The molecule has 1 N–H and O–H groups in total. The van der Waals surface area contributed by atoms with Crippen LogP contribution >= 0.6 is 0 Å². The smallest absolute Gasteiger partial charge is 0.269 e. The highest BCUT2D eigenvalue weighted by Crippen LogP contribution is 2.19. The largest absolute Gasteiger partial charge is 0.513 e. The number of furan rings is 1. The highest BCUT2D eigenvalue weighted by atomic mass is 16.6. The summed E-state index contributed by atoms with van der Waals surface area (Å²) in [6.45, 7) is 0. The molecule has 1 aromatic heterocycles. The number of non-ortho nitro benzene ring substituents is 1. The van der Waals surface area contributed by atoms with Crippen LogP contribution in [0.15, 0.2) is 69.3 Å². The van der Waals surface area contributed by atoms with E-state index in [1.54, 1.807) is 0 Å². The maximum absolute atomic E-state index is 11.8. The molecule has 1 aromatic carbocycles. The lowest BCUT2D eigenvalue weighted by Gasteiger charge is -1.96. The molecule has 106 valence electrons. The van der Waals surface area contributed by atoms with Crippen molar-refractivity contribution in [3.8, 4) is 0 Å². The number of nitro benzene ring substituents is 1. The number of hydrogen-bond acceptors (Lipinski definition) is 7. The molecule has 0 radical (unpaired) electrons. The topological polar surface area (TPSA) is 118 Å². The van der Waals surface area contributed by atoms with E-state index < -0.39 is 10.7 Å². The standard InChI is InChI=1S/C13H9N3O5/c17-8-11(13(18)12-2-1-7-21-12)15-14-9-3-5-10(6-4-9)16(19)20/h1-8,17H/b11-8-,15-14?. The van der Waals surface area contributed by atoms with E-state index in [0.717, 1.165) is 0 Å². The predicted octanol–water partition coefficient (Wildman–Crippen LogP) is 3.55. The minimum Gasteiger partial charge on any atom is -0.513 e. The van der Waals surface area contributed by atoms with Gasteiger partial charge < -0.3 is 9.52 Å². The van der Waals surface area contributed by atoms with Crippen molar-refractivity contribution in [2.24, 2.45) is 10.2 Å².